The molecule has 0 fully saturated rings. The molecule has 0 bridgehead atoms. The second kappa shape index (κ2) is 5.81. The van der Waals surface area contributed by atoms with E-state index < -0.39 is 15.6 Å². The number of nitrogens with one attached hydrogen (secondary N) is 2. The fourth-order valence-electron chi connectivity index (χ4n) is 2.56. The Kier molecular flexibility index (Phi) is 4.49. The second-order valence-electron chi connectivity index (χ2n) is 5.74. The number of rotatable bonds is 5. The average molecular weight is 298 g/mol. The normalized spacial score (nSPS) is 15.9. The van der Waals surface area contributed by atoms with Crippen molar-refractivity contribution in [3.63, 3.8) is 0 Å². The summed E-state index contributed by atoms with van der Waals surface area (Å²) in [4.78, 5) is 0.390. The zero-order chi connectivity index (χ0) is 14.8. The van der Waals surface area contributed by atoms with Crippen LogP contribution >= 0.6 is 0 Å². The van der Waals surface area contributed by atoms with E-state index in [4.69, 9.17) is 4.74 Å². The number of methoxy groups -OCH3 is 1. The van der Waals surface area contributed by atoms with Crippen LogP contribution in [0.15, 0.2) is 23.1 Å². The molecule has 0 aromatic heterocycles. The molecule has 0 unspecified atom stereocenters. The molecule has 20 heavy (non-hydrogen) atoms. The first-order valence-corrected chi connectivity index (χ1v) is 8.18. The summed E-state index contributed by atoms with van der Waals surface area (Å²) in [6.07, 6.45) is 0.733. The van der Waals surface area contributed by atoms with Crippen molar-refractivity contribution in [2.24, 2.45) is 0 Å². The molecule has 112 valence electrons. The van der Waals surface area contributed by atoms with Crippen molar-refractivity contribution in [1.82, 2.24) is 10.0 Å². The Hall–Kier alpha value is -0.950. The van der Waals surface area contributed by atoms with Gasteiger partial charge in [0.25, 0.3) is 0 Å². The summed E-state index contributed by atoms with van der Waals surface area (Å²) >= 11 is 0. The van der Waals surface area contributed by atoms with Gasteiger partial charge in [-0.2, -0.15) is 0 Å². The fraction of sp³-hybridized carbons (Fsp3) is 0.571. The third kappa shape index (κ3) is 3.38. The molecular formula is C14H22N2O3S. The van der Waals surface area contributed by atoms with E-state index in [1.165, 1.54) is 0 Å². The van der Waals surface area contributed by atoms with Crippen LogP contribution in [-0.4, -0.2) is 34.2 Å². The Bertz CT molecular complexity index is 582. The predicted octanol–water partition coefficient (Wildman–Crippen LogP) is 1.04. The Morgan fingerprint density at radius 1 is 1.40 bits per heavy atom. The van der Waals surface area contributed by atoms with Crippen molar-refractivity contribution in [3.05, 3.63) is 29.3 Å². The number of sulfonamides is 1. The predicted molar refractivity (Wildman–Crippen MR) is 78.1 cm³/mol. The van der Waals surface area contributed by atoms with E-state index in [0.717, 1.165) is 30.6 Å². The van der Waals surface area contributed by atoms with Crippen molar-refractivity contribution < 1.29 is 13.2 Å². The van der Waals surface area contributed by atoms with E-state index in [1.54, 1.807) is 19.2 Å². The third-order valence-electron chi connectivity index (χ3n) is 3.30. The molecule has 2 rings (SSSR count). The maximum Gasteiger partial charge on any atom is 0.241 e. The maximum absolute atomic E-state index is 12.6. The highest BCUT2D eigenvalue weighted by Gasteiger charge is 2.29. The largest absolute Gasteiger partial charge is 0.383 e. The molecule has 2 N–H and O–H groups in total. The maximum atomic E-state index is 12.6. The van der Waals surface area contributed by atoms with Crippen LogP contribution in [0.5, 0.6) is 0 Å². The Balaban J connectivity index is 2.35. The summed E-state index contributed by atoms with van der Waals surface area (Å²) in [5, 5.41) is 3.25. The number of hydrogen-bond acceptors (Lipinski definition) is 4. The molecule has 0 radical (unpaired) electrons. The highest BCUT2D eigenvalue weighted by atomic mass is 32.2. The van der Waals surface area contributed by atoms with Crippen molar-refractivity contribution in [2.45, 2.75) is 37.2 Å². The first-order chi connectivity index (χ1) is 9.36. The van der Waals surface area contributed by atoms with E-state index in [0.29, 0.717) is 11.5 Å². The van der Waals surface area contributed by atoms with Gasteiger partial charge in [0.05, 0.1) is 17.0 Å². The van der Waals surface area contributed by atoms with Gasteiger partial charge >= 0.3 is 0 Å². The van der Waals surface area contributed by atoms with Gasteiger partial charge < -0.3 is 10.1 Å². The Morgan fingerprint density at radius 3 is 2.85 bits per heavy atom. The first-order valence-electron chi connectivity index (χ1n) is 6.70. The van der Waals surface area contributed by atoms with Gasteiger partial charge in [0.2, 0.25) is 10.0 Å². The Labute approximate surface area is 120 Å². The van der Waals surface area contributed by atoms with Gasteiger partial charge in [-0.05, 0) is 44.0 Å². The van der Waals surface area contributed by atoms with Crippen LogP contribution in [0.3, 0.4) is 0 Å². The highest BCUT2D eigenvalue weighted by molar-refractivity contribution is 7.89. The molecule has 0 saturated heterocycles. The van der Waals surface area contributed by atoms with Crippen LogP contribution in [-0.2, 0) is 27.7 Å². The summed E-state index contributed by atoms with van der Waals surface area (Å²) in [6.45, 7) is 5.47. The lowest BCUT2D eigenvalue weighted by Gasteiger charge is -2.27. The van der Waals surface area contributed by atoms with Gasteiger partial charge in [-0.15, -0.1) is 0 Å². The smallest absolute Gasteiger partial charge is 0.241 e. The molecule has 1 aliphatic rings. The van der Waals surface area contributed by atoms with Crippen molar-refractivity contribution >= 4 is 10.0 Å². The van der Waals surface area contributed by atoms with Crippen LogP contribution in [0.4, 0.5) is 0 Å². The molecule has 1 aromatic carbocycles. The van der Waals surface area contributed by atoms with Crippen LogP contribution in [0.2, 0.25) is 0 Å². The first kappa shape index (κ1) is 15.4. The average Bonchev–Trinajstić information content (AvgIpc) is 2.36. The SMILES string of the molecule is COCC(C)(C)NS(=O)(=O)c1cccc2c1CCNC2. The minimum absolute atomic E-state index is 0.322. The number of benzene rings is 1. The number of hydrogen-bond donors (Lipinski definition) is 2. The monoisotopic (exact) mass is 298 g/mol. The van der Waals surface area contributed by atoms with Gasteiger partial charge in [0.15, 0.2) is 0 Å². The molecule has 1 aromatic rings. The number of fused-ring (bicyclic) bond motifs is 1. The minimum Gasteiger partial charge on any atom is -0.383 e. The van der Waals surface area contributed by atoms with Crippen LogP contribution in [0.1, 0.15) is 25.0 Å². The summed E-state index contributed by atoms with van der Waals surface area (Å²) in [5.41, 5.74) is 1.35. The molecular weight excluding hydrogens is 276 g/mol. The quantitative estimate of drug-likeness (QED) is 0.852. The van der Waals surface area contributed by atoms with Crippen LogP contribution in [0, 0.1) is 0 Å². The Morgan fingerprint density at radius 2 is 2.15 bits per heavy atom. The van der Waals surface area contributed by atoms with Crippen molar-refractivity contribution in [3.8, 4) is 0 Å². The zero-order valence-corrected chi connectivity index (χ0v) is 13.0. The topological polar surface area (TPSA) is 67.4 Å². The summed E-state index contributed by atoms with van der Waals surface area (Å²) < 4.78 is 33.0. The van der Waals surface area contributed by atoms with Crippen molar-refractivity contribution in [1.29, 1.82) is 0 Å². The van der Waals surface area contributed by atoms with E-state index in [1.807, 2.05) is 19.9 Å². The van der Waals surface area contributed by atoms with Gasteiger partial charge in [0, 0.05) is 13.7 Å². The summed E-state index contributed by atoms with van der Waals surface area (Å²) in [6, 6.07) is 5.44. The zero-order valence-electron chi connectivity index (χ0n) is 12.2. The molecule has 0 atom stereocenters. The van der Waals surface area contributed by atoms with E-state index in [2.05, 4.69) is 10.0 Å². The molecule has 0 spiro atoms. The fourth-order valence-corrected chi connectivity index (χ4v) is 4.27. The van der Waals surface area contributed by atoms with Crippen LogP contribution < -0.4 is 10.0 Å². The lowest BCUT2D eigenvalue weighted by molar-refractivity contribution is 0.141. The lowest BCUT2D eigenvalue weighted by Crippen LogP contribution is -2.47. The minimum atomic E-state index is -3.54. The van der Waals surface area contributed by atoms with Gasteiger partial charge in [-0.1, -0.05) is 12.1 Å². The molecule has 0 aliphatic carbocycles. The van der Waals surface area contributed by atoms with Gasteiger partial charge in [-0.3, -0.25) is 0 Å². The standard InChI is InChI=1S/C14H22N2O3S/c1-14(2,10-19-3)16-20(17,18)13-6-4-5-11-9-15-8-7-12(11)13/h4-6,15-16H,7-10H2,1-3H3. The molecule has 0 amide bonds. The molecule has 5 nitrogen and oxygen atoms in total. The third-order valence-corrected chi connectivity index (χ3v) is 5.09. The van der Waals surface area contributed by atoms with E-state index >= 15 is 0 Å². The van der Waals surface area contributed by atoms with Crippen LogP contribution in [0.25, 0.3) is 0 Å². The van der Waals surface area contributed by atoms with E-state index in [9.17, 15) is 8.42 Å². The van der Waals surface area contributed by atoms with Gasteiger partial charge in [0.1, 0.15) is 0 Å². The van der Waals surface area contributed by atoms with E-state index in [-0.39, 0.29) is 0 Å². The summed E-state index contributed by atoms with van der Waals surface area (Å²) in [5.74, 6) is 0. The molecule has 6 heteroatoms. The lowest BCUT2D eigenvalue weighted by atomic mass is 10.0. The molecule has 1 heterocycles. The van der Waals surface area contributed by atoms with Crippen molar-refractivity contribution in [2.75, 3.05) is 20.3 Å². The molecule has 0 saturated carbocycles. The summed E-state index contributed by atoms with van der Waals surface area (Å²) in [7, 11) is -1.98. The van der Waals surface area contributed by atoms with Gasteiger partial charge in [-0.25, -0.2) is 13.1 Å². The highest BCUT2D eigenvalue weighted by Crippen LogP contribution is 2.24. The second-order valence-corrected chi connectivity index (χ2v) is 7.39. The molecule has 1 aliphatic heterocycles. The number of ether oxygens (including phenoxy) is 1.